The molecule has 1 aliphatic carbocycles. The Morgan fingerprint density at radius 1 is 1.05 bits per heavy atom. The fourth-order valence-corrected chi connectivity index (χ4v) is 1.97. The van der Waals surface area contributed by atoms with Gasteiger partial charge < -0.3 is 0 Å². The van der Waals surface area contributed by atoms with Crippen LogP contribution in [0.2, 0.25) is 0 Å². The molecule has 0 aromatic rings. The molecule has 0 radical (unpaired) electrons. The molecule has 0 N–H and O–H groups in total. The number of carbonyl (C=O) groups excluding carboxylic acids is 1. The second-order valence-electron chi connectivity index (χ2n) is 5.22. The van der Waals surface area contributed by atoms with E-state index in [0.29, 0.717) is 0 Å². The molecule has 0 spiro atoms. The Kier molecular flexibility index (Phi) is 14.0. The minimum Gasteiger partial charge on any atom is -0.290 e. The van der Waals surface area contributed by atoms with Gasteiger partial charge in [-0.15, -0.1) is 0 Å². The van der Waals surface area contributed by atoms with Crippen LogP contribution in [0.3, 0.4) is 0 Å². The van der Waals surface area contributed by atoms with Crippen LogP contribution in [0.1, 0.15) is 72.1 Å². The first-order valence-electron chi connectivity index (χ1n) is 8.42. The van der Waals surface area contributed by atoms with Crippen LogP contribution in [0.5, 0.6) is 0 Å². The Morgan fingerprint density at radius 2 is 1.81 bits per heavy atom. The number of unbranched alkanes of at least 4 members (excludes halogenated alkanes) is 4. The average Bonchev–Trinajstić information content (AvgIpc) is 2.89. The van der Waals surface area contributed by atoms with Crippen molar-refractivity contribution in [2.24, 2.45) is 0 Å². The van der Waals surface area contributed by atoms with Gasteiger partial charge in [0.2, 0.25) is 0 Å². The number of rotatable bonds is 8. The van der Waals surface area contributed by atoms with Crippen LogP contribution in [-0.2, 0) is 4.79 Å². The van der Waals surface area contributed by atoms with E-state index in [1.807, 2.05) is 6.08 Å². The summed E-state index contributed by atoms with van der Waals surface area (Å²) in [5.41, 5.74) is 0.976. The van der Waals surface area contributed by atoms with Crippen LogP contribution < -0.4 is 0 Å². The summed E-state index contributed by atoms with van der Waals surface area (Å²) in [5, 5.41) is 0. The molecule has 21 heavy (non-hydrogen) atoms. The molecule has 0 amide bonds. The lowest BCUT2D eigenvalue weighted by Gasteiger charge is -1.94. The molecular weight excluding hydrogens is 256 g/mol. The molecule has 0 bridgehead atoms. The standard InChI is InChI=1S/C13H18O.C7H14/c1-2-3-4-5-6-7-9-12-10-8-11-13(12)14;1-3-5-7-6-4-2/h3-4,8-9,11H,2,5-7,10H2,1H3;3,5H,4,6-7H2,1-2H3/b4-3-,12-9+;5-3-. The van der Waals surface area contributed by atoms with Crippen LogP contribution in [-0.4, -0.2) is 5.78 Å². The number of allylic oxidation sites excluding steroid dienone is 8. The lowest BCUT2D eigenvalue weighted by atomic mass is 10.1. The van der Waals surface area contributed by atoms with Gasteiger partial charge in [0.25, 0.3) is 0 Å². The molecule has 0 fully saturated rings. The van der Waals surface area contributed by atoms with Crippen molar-refractivity contribution in [3.8, 4) is 0 Å². The number of hydrogen-bond acceptors (Lipinski definition) is 1. The van der Waals surface area contributed by atoms with Gasteiger partial charge in [-0.1, -0.05) is 63.1 Å². The normalized spacial score (nSPS) is 16.1. The third-order valence-corrected chi connectivity index (χ3v) is 3.25. The summed E-state index contributed by atoms with van der Waals surface area (Å²) in [4.78, 5) is 11.2. The van der Waals surface area contributed by atoms with Crippen molar-refractivity contribution in [3.05, 3.63) is 48.1 Å². The molecule has 0 saturated carbocycles. The Labute approximate surface area is 131 Å². The zero-order valence-corrected chi connectivity index (χ0v) is 14.1. The zero-order valence-electron chi connectivity index (χ0n) is 14.1. The lowest BCUT2D eigenvalue weighted by Crippen LogP contribution is -1.90. The molecule has 0 atom stereocenters. The smallest absolute Gasteiger partial charge is 0.181 e. The number of ketones is 1. The maximum absolute atomic E-state index is 11.2. The molecule has 118 valence electrons. The van der Waals surface area contributed by atoms with Gasteiger partial charge in [-0.05, 0) is 57.1 Å². The van der Waals surface area contributed by atoms with E-state index < -0.39 is 0 Å². The average molecular weight is 288 g/mol. The Balaban J connectivity index is 0.000000486. The van der Waals surface area contributed by atoms with Gasteiger partial charge >= 0.3 is 0 Å². The third kappa shape index (κ3) is 12.1. The largest absolute Gasteiger partial charge is 0.290 e. The number of hydrogen-bond donors (Lipinski definition) is 0. The van der Waals surface area contributed by atoms with E-state index >= 15 is 0 Å². The van der Waals surface area contributed by atoms with E-state index in [4.69, 9.17) is 0 Å². The molecule has 0 aliphatic heterocycles. The summed E-state index contributed by atoms with van der Waals surface area (Å²) < 4.78 is 0. The first-order valence-corrected chi connectivity index (χ1v) is 8.42. The minimum atomic E-state index is 0.203. The molecule has 1 nitrogen and oxygen atoms in total. The fraction of sp³-hybridized carbons (Fsp3) is 0.550. The first kappa shape index (κ1) is 19.6. The zero-order chi connectivity index (χ0) is 15.8. The van der Waals surface area contributed by atoms with Crippen molar-refractivity contribution in [1.82, 2.24) is 0 Å². The molecule has 1 aliphatic rings. The van der Waals surface area contributed by atoms with Crippen LogP contribution in [0, 0.1) is 0 Å². The quantitative estimate of drug-likeness (QED) is 0.290. The van der Waals surface area contributed by atoms with E-state index in [1.54, 1.807) is 6.08 Å². The van der Waals surface area contributed by atoms with Crippen molar-refractivity contribution in [3.63, 3.8) is 0 Å². The molecule has 0 aromatic carbocycles. The predicted octanol–water partition coefficient (Wildman–Crippen LogP) is 6.33. The van der Waals surface area contributed by atoms with Gasteiger partial charge in [0.15, 0.2) is 5.78 Å². The third-order valence-electron chi connectivity index (χ3n) is 3.25. The van der Waals surface area contributed by atoms with Gasteiger partial charge in [-0.2, -0.15) is 0 Å². The van der Waals surface area contributed by atoms with Crippen LogP contribution >= 0.6 is 0 Å². The van der Waals surface area contributed by atoms with Crippen molar-refractivity contribution in [2.75, 3.05) is 0 Å². The molecule has 0 saturated heterocycles. The van der Waals surface area contributed by atoms with Crippen molar-refractivity contribution in [1.29, 1.82) is 0 Å². The Bertz CT molecular complexity index is 369. The van der Waals surface area contributed by atoms with E-state index in [9.17, 15) is 4.79 Å². The Morgan fingerprint density at radius 3 is 2.38 bits per heavy atom. The van der Waals surface area contributed by atoms with Gasteiger partial charge in [0.05, 0.1) is 0 Å². The first-order chi connectivity index (χ1) is 10.3. The van der Waals surface area contributed by atoms with Gasteiger partial charge in [-0.25, -0.2) is 0 Å². The van der Waals surface area contributed by atoms with E-state index in [0.717, 1.165) is 37.7 Å². The van der Waals surface area contributed by atoms with Crippen LogP contribution in [0.4, 0.5) is 0 Å². The maximum Gasteiger partial charge on any atom is 0.181 e. The summed E-state index contributed by atoms with van der Waals surface area (Å²) >= 11 is 0. The SMILES string of the molecule is C/C=C\CCCC.CC/C=C\CCC/C=C1\CC=CC1=O. The summed E-state index contributed by atoms with van der Waals surface area (Å²) in [6, 6.07) is 0. The van der Waals surface area contributed by atoms with Gasteiger partial charge in [0.1, 0.15) is 0 Å². The van der Waals surface area contributed by atoms with Gasteiger partial charge in [0, 0.05) is 0 Å². The van der Waals surface area contributed by atoms with E-state index in [-0.39, 0.29) is 5.78 Å². The van der Waals surface area contributed by atoms with Crippen LogP contribution in [0.25, 0.3) is 0 Å². The summed E-state index contributed by atoms with van der Waals surface area (Å²) in [5.74, 6) is 0.203. The molecule has 0 heterocycles. The number of carbonyl (C=O) groups is 1. The van der Waals surface area contributed by atoms with Crippen molar-refractivity contribution in [2.45, 2.75) is 72.1 Å². The summed E-state index contributed by atoms with van der Waals surface area (Å²) in [6.45, 7) is 6.42. The highest BCUT2D eigenvalue weighted by molar-refractivity contribution is 6.06. The fourth-order valence-electron chi connectivity index (χ4n) is 1.97. The highest BCUT2D eigenvalue weighted by Crippen LogP contribution is 2.14. The monoisotopic (exact) mass is 288 g/mol. The molecule has 0 aromatic heterocycles. The lowest BCUT2D eigenvalue weighted by molar-refractivity contribution is -0.111. The maximum atomic E-state index is 11.2. The van der Waals surface area contributed by atoms with Crippen molar-refractivity contribution < 1.29 is 4.79 Å². The highest BCUT2D eigenvalue weighted by Gasteiger charge is 2.08. The molecule has 0 unspecified atom stereocenters. The van der Waals surface area contributed by atoms with E-state index in [1.165, 1.54) is 19.3 Å². The Hall–Kier alpha value is -1.37. The molecule has 1 rings (SSSR count). The molecule has 1 heteroatoms. The van der Waals surface area contributed by atoms with Crippen LogP contribution in [0.15, 0.2) is 48.1 Å². The highest BCUT2D eigenvalue weighted by atomic mass is 16.1. The van der Waals surface area contributed by atoms with E-state index in [2.05, 4.69) is 51.2 Å². The topological polar surface area (TPSA) is 17.1 Å². The van der Waals surface area contributed by atoms with Crippen molar-refractivity contribution >= 4 is 5.78 Å². The minimum absolute atomic E-state index is 0.203. The summed E-state index contributed by atoms with van der Waals surface area (Å²) in [6.07, 6.45) is 23.6. The van der Waals surface area contributed by atoms with Gasteiger partial charge in [-0.3, -0.25) is 4.79 Å². The second kappa shape index (κ2) is 15.0. The predicted molar refractivity (Wildman–Crippen MR) is 94.5 cm³/mol. The summed E-state index contributed by atoms with van der Waals surface area (Å²) in [7, 11) is 0. The molecular formula is C20H32O. The second-order valence-corrected chi connectivity index (χ2v) is 5.22.